The summed E-state index contributed by atoms with van der Waals surface area (Å²) in [5.74, 6) is -0.0625. The quantitative estimate of drug-likeness (QED) is 0.110. The normalized spacial score (nSPS) is 11.9. The van der Waals surface area contributed by atoms with Crippen LogP contribution in [0.3, 0.4) is 0 Å². The maximum atomic E-state index is 10.0. The van der Waals surface area contributed by atoms with Gasteiger partial charge >= 0.3 is 0 Å². The van der Waals surface area contributed by atoms with Crippen LogP contribution >= 0.6 is 11.3 Å². The fraction of sp³-hybridized carbons (Fsp3) is 0.0857. The van der Waals surface area contributed by atoms with Crippen molar-refractivity contribution in [2.45, 2.75) is 20.8 Å². The van der Waals surface area contributed by atoms with Crippen LogP contribution < -0.4 is 0 Å². The summed E-state index contributed by atoms with van der Waals surface area (Å²) in [6.45, 7) is 4.95. The molecule has 0 saturated heterocycles. The van der Waals surface area contributed by atoms with Crippen molar-refractivity contribution in [3.8, 4) is 11.3 Å². The molecule has 0 fully saturated rings. The minimum absolute atomic E-state index is 0. The predicted molar refractivity (Wildman–Crippen MR) is 168 cm³/mol. The molecule has 0 aliphatic heterocycles. The second-order valence-corrected chi connectivity index (χ2v) is 11.3. The summed E-state index contributed by atoms with van der Waals surface area (Å²) in [6.07, 6.45) is 3.04. The van der Waals surface area contributed by atoms with Gasteiger partial charge in [-0.05, 0) is 61.6 Å². The summed E-state index contributed by atoms with van der Waals surface area (Å²) in [5, 5.41) is 16.3. The molecule has 4 aromatic carbocycles. The van der Waals surface area contributed by atoms with Crippen molar-refractivity contribution in [3.05, 3.63) is 109 Å². The Labute approximate surface area is 254 Å². The second-order valence-electron chi connectivity index (χ2n) is 10.2. The standard InChI is InChI=1S/C30H17N2S.C5H8O2.Ir/c1-17-13-14-31-23(15-17)18-9-10-24-22(16-18)19-6-4-7-21-28-25(32(24)30(19)21)11-12-27-29(28)20-5-2-3-8-26(20)33-27;1-4(6)3-5(2)7;/h2-8,10-16H,1H3;3,6H,1-2H3;/q-1;;/b;4-3-;. The number of thiophene rings is 1. The minimum Gasteiger partial charge on any atom is -0.512 e. The molecule has 6 heteroatoms. The van der Waals surface area contributed by atoms with Crippen molar-refractivity contribution in [1.82, 2.24) is 9.38 Å². The zero-order valence-electron chi connectivity index (χ0n) is 22.7. The fourth-order valence-electron chi connectivity index (χ4n) is 5.85. The number of aryl methyl sites for hydroxylation is 1. The number of benzene rings is 4. The molecule has 0 saturated carbocycles. The van der Waals surface area contributed by atoms with Crippen LogP contribution in [0, 0.1) is 13.0 Å². The molecule has 0 atom stereocenters. The van der Waals surface area contributed by atoms with E-state index in [1.54, 1.807) is 0 Å². The number of carbonyl (C=O) groups is 1. The SMILES string of the molecule is CC(=O)/C=C(/C)O.Cc1ccnc(-c2[c-]cc3c(c2)c2cccc4c5c6c(ccc5n3c24)sc2ccccc26)c1.[Ir]. The van der Waals surface area contributed by atoms with Crippen LogP contribution in [0.25, 0.3) is 69.5 Å². The molecule has 0 bridgehead atoms. The Morgan fingerprint density at radius 2 is 1.66 bits per heavy atom. The number of hydrogen-bond acceptors (Lipinski definition) is 4. The summed E-state index contributed by atoms with van der Waals surface area (Å²) >= 11 is 1.88. The summed E-state index contributed by atoms with van der Waals surface area (Å²) in [5.41, 5.74) is 6.98. The molecule has 41 heavy (non-hydrogen) atoms. The third kappa shape index (κ3) is 4.40. The van der Waals surface area contributed by atoms with Crippen molar-refractivity contribution in [3.63, 3.8) is 0 Å². The van der Waals surface area contributed by atoms with Crippen LogP contribution in [0.4, 0.5) is 0 Å². The van der Waals surface area contributed by atoms with E-state index in [0.717, 1.165) is 11.3 Å². The van der Waals surface area contributed by atoms with E-state index >= 15 is 0 Å². The van der Waals surface area contributed by atoms with E-state index < -0.39 is 0 Å². The zero-order chi connectivity index (χ0) is 27.5. The number of hydrogen-bond donors (Lipinski definition) is 1. The molecular formula is C35H25IrN2O2S-. The van der Waals surface area contributed by atoms with Crippen LogP contribution in [-0.2, 0) is 24.9 Å². The van der Waals surface area contributed by atoms with Gasteiger partial charge in [0.15, 0.2) is 5.78 Å². The number of pyridine rings is 1. The summed E-state index contributed by atoms with van der Waals surface area (Å²) in [7, 11) is 0. The Hall–Kier alpha value is -4.09. The molecule has 0 amide bonds. The van der Waals surface area contributed by atoms with Gasteiger partial charge in [0, 0.05) is 68.8 Å². The number of aliphatic hydroxyl groups is 1. The van der Waals surface area contributed by atoms with Crippen LogP contribution in [0.15, 0.2) is 96.9 Å². The fourth-order valence-corrected chi connectivity index (χ4v) is 6.96. The average Bonchev–Trinajstić information content (AvgIpc) is 3.58. The predicted octanol–water partition coefficient (Wildman–Crippen LogP) is 9.41. The number of para-hydroxylation sites is 1. The van der Waals surface area contributed by atoms with Crippen LogP contribution in [0.2, 0.25) is 0 Å². The molecule has 8 aromatic rings. The van der Waals surface area contributed by atoms with Gasteiger partial charge in [-0.2, -0.15) is 0 Å². The maximum Gasteiger partial charge on any atom is 0.155 e. The molecule has 0 spiro atoms. The Kier molecular flexibility index (Phi) is 6.86. The molecular weight excluding hydrogens is 705 g/mol. The van der Waals surface area contributed by atoms with Crippen molar-refractivity contribution < 1.29 is 30.0 Å². The van der Waals surface area contributed by atoms with Crippen LogP contribution in [0.1, 0.15) is 19.4 Å². The van der Waals surface area contributed by atoms with E-state index in [1.165, 1.54) is 83.8 Å². The molecule has 4 aromatic heterocycles. The monoisotopic (exact) mass is 730 g/mol. The van der Waals surface area contributed by atoms with E-state index in [0.29, 0.717) is 0 Å². The van der Waals surface area contributed by atoms with Gasteiger partial charge in [-0.1, -0.05) is 53.4 Å². The average molecular weight is 730 g/mol. The minimum atomic E-state index is -0.125. The molecule has 1 radical (unpaired) electrons. The van der Waals surface area contributed by atoms with Gasteiger partial charge in [0.1, 0.15) is 0 Å². The Balaban J connectivity index is 0.000000340. The number of allylic oxidation sites excluding steroid dienone is 2. The van der Waals surface area contributed by atoms with Crippen LogP contribution in [0.5, 0.6) is 0 Å². The van der Waals surface area contributed by atoms with Gasteiger partial charge in [0.05, 0.1) is 11.3 Å². The molecule has 0 aliphatic rings. The molecule has 203 valence electrons. The number of rotatable bonds is 2. The Morgan fingerprint density at radius 3 is 2.41 bits per heavy atom. The van der Waals surface area contributed by atoms with Gasteiger partial charge in [0.25, 0.3) is 0 Å². The third-order valence-corrected chi connectivity index (χ3v) is 8.49. The number of ketones is 1. The first kappa shape index (κ1) is 27.1. The largest absolute Gasteiger partial charge is 0.512 e. The summed E-state index contributed by atoms with van der Waals surface area (Å²) in [4.78, 5) is 14.6. The smallest absolute Gasteiger partial charge is 0.155 e. The molecule has 4 nitrogen and oxygen atoms in total. The topological polar surface area (TPSA) is 54.6 Å². The summed E-state index contributed by atoms with van der Waals surface area (Å²) < 4.78 is 5.13. The molecule has 0 aliphatic carbocycles. The first-order chi connectivity index (χ1) is 19.4. The Bertz CT molecular complexity index is 2290. The van der Waals surface area contributed by atoms with E-state index in [9.17, 15) is 4.79 Å². The number of carbonyl (C=O) groups excluding carboxylic acids is 1. The van der Waals surface area contributed by atoms with Crippen molar-refractivity contribution in [1.29, 1.82) is 0 Å². The van der Waals surface area contributed by atoms with Gasteiger partial charge in [-0.3, -0.25) is 4.79 Å². The molecule has 1 N–H and O–H groups in total. The number of aliphatic hydroxyl groups excluding tert-OH is 1. The van der Waals surface area contributed by atoms with Crippen molar-refractivity contribution in [2.75, 3.05) is 0 Å². The van der Waals surface area contributed by atoms with Gasteiger partial charge in [-0.15, -0.1) is 35.1 Å². The third-order valence-electron chi connectivity index (χ3n) is 7.35. The van der Waals surface area contributed by atoms with E-state index in [1.807, 2.05) is 23.6 Å². The van der Waals surface area contributed by atoms with Gasteiger partial charge in [-0.25, -0.2) is 0 Å². The summed E-state index contributed by atoms with van der Waals surface area (Å²) in [6, 6.07) is 32.2. The molecule has 8 rings (SSSR count). The van der Waals surface area contributed by atoms with Crippen LogP contribution in [-0.4, -0.2) is 20.3 Å². The maximum absolute atomic E-state index is 10.0. The van der Waals surface area contributed by atoms with E-state index in [-0.39, 0.29) is 31.6 Å². The number of fused-ring (bicyclic) bond motifs is 10. The second kappa shape index (κ2) is 10.4. The Morgan fingerprint density at radius 1 is 0.878 bits per heavy atom. The van der Waals surface area contributed by atoms with Crippen molar-refractivity contribution >= 4 is 75.4 Å². The van der Waals surface area contributed by atoms with Gasteiger partial charge < -0.3 is 14.5 Å². The van der Waals surface area contributed by atoms with Gasteiger partial charge in [0.2, 0.25) is 0 Å². The zero-order valence-corrected chi connectivity index (χ0v) is 25.9. The number of nitrogens with zero attached hydrogens (tertiary/aromatic N) is 2. The first-order valence-corrected chi connectivity index (χ1v) is 14.0. The van der Waals surface area contributed by atoms with E-state index in [4.69, 9.17) is 5.11 Å². The molecule has 0 unspecified atom stereocenters. The first-order valence-electron chi connectivity index (χ1n) is 13.2. The number of aromatic nitrogens is 2. The molecule has 4 heterocycles. The van der Waals surface area contributed by atoms with E-state index in [2.05, 4.69) is 95.2 Å². The van der Waals surface area contributed by atoms with Crippen molar-refractivity contribution in [2.24, 2.45) is 0 Å².